The van der Waals surface area contributed by atoms with Gasteiger partial charge in [-0.3, -0.25) is 0 Å². The fourth-order valence-electron chi connectivity index (χ4n) is 2.21. The first-order chi connectivity index (χ1) is 11.0. The molecule has 0 aliphatic rings. The molecule has 0 radical (unpaired) electrons. The Morgan fingerprint density at radius 1 is 1.30 bits per heavy atom. The minimum atomic E-state index is -0.616. The maximum absolute atomic E-state index is 14.3. The molecule has 0 spiro atoms. The Morgan fingerprint density at radius 3 is 2.61 bits per heavy atom. The monoisotopic (exact) mass is 321 g/mol. The number of halogens is 1. The van der Waals surface area contributed by atoms with Crippen molar-refractivity contribution >= 4 is 6.09 Å². The van der Waals surface area contributed by atoms with Gasteiger partial charge in [0.15, 0.2) is 0 Å². The van der Waals surface area contributed by atoms with Crippen molar-refractivity contribution in [3.8, 4) is 0 Å². The summed E-state index contributed by atoms with van der Waals surface area (Å²) in [5.74, 6) is 0.00330. The molecule has 0 aliphatic heterocycles. The number of nitrogens with one attached hydrogen (secondary N) is 1. The Labute approximate surface area is 138 Å². The van der Waals surface area contributed by atoms with Gasteiger partial charge in [0.05, 0.1) is 6.04 Å². The first-order valence-corrected chi connectivity index (χ1v) is 8.35. The summed E-state index contributed by atoms with van der Waals surface area (Å²) in [5, 5.41) is 2.64. The fourth-order valence-corrected chi connectivity index (χ4v) is 2.21. The van der Waals surface area contributed by atoms with Crippen molar-refractivity contribution in [3.05, 3.63) is 47.8 Å². The van der Waals surface area contributed by atoms with Crippen LogP contribution in [0.1, 0.15) is 52.0 Å². The van der Waals surface area contributed by atoms with Gasteiger partial charge in [-0.1, -0.05) is 63.6 Å². The minimum Gasteiger partial charge on any atom is -0.445 e. The van der Waals surface area contributed by atoms with Crippen molar-refractivity contribution < 1.29 is 13.9 Å². The highest BCUT2D eigenvalue weighted by Crippen LogP contribution is 2.16. The van der Waals surface area contributed by atoms with E-state index < -0.39 is 12.1 Å². The molecule has 0 aromatic heterocycles. The number of rotatable bonds is 9. The minimum absolute atomic E-state index is 0.183. The molecular weight excluding hydrogens is 293 g/mol. The highest BCUT2D eigenvalue weighted by molar-refractivity contribution is 5.68. The smallest absolute Gasteiger partial charge is 0.408 e. The molecule has 3 nitrogen and oxygen atoms in total. The molecule has 128 valence electrons. The normalized spacial score (nSPS) is 13.0. The van der Waals surface area contributed by atoms with Gasteiger partial charge in [0, 0.05) is 0 Å². The molecule has 23 heavy (non-hydrogen) atoms. The maximum Gasteiger partial charge on any atom is 0.408 e. The summed E-state index contributed by atoms with van der Waals surface area (Å²) in [6.07, 6.45) is 4.20. The molecule has 1 aromatic carbocycles. The van der Waals surface area contributed by atoms with Crippen LogP contribution in [0.5, 0.6) is 0 Å². The molecule has 0 saturated heterocycles. The van der Waals surface area contributed by atoms with Crippen LogP contribution >= 0.6 is 0 Å². The quantitative estimate of drug-likeness (QED) is 0.621. The van der Waals surface area contributed by atoms with Gasteiger partial charge in [-0.15, -0.1) is 0 Å². The first-order valence-electron chi connectivity index (χ1n) is 8.35. The third-order valence-electron chi connectivity index (χ3n) is 3.44. The van der Waals surface area contributed by atoms with Crippen LogP contribution in [-0.2, 0) is 11.3 Å². The predicted octanol–water partition coefficient (Wildman–Crippen LogP) is 5.37. The first kappa shape index (κ1) is 19.2. The molecule has 1 atom stereocenters. The van der Waals surface area contributed by atoms with Crippen LogP contribution in [0.15, 0.2) is 42.2 Å². The molecule has 1 amide bonds. The average molecular weight is 321 g/mol. The van der Waals surface area contributed by atoms with Crippen molar-refractivity contribution in [1.29, 1.82) is 0 Å². The zero-order valence-electron chi connectivity index (χ0n) is 14.3. The Bertz CT molecular complexity index is 485. The van der Waals surface area contributed by atoms with E-state index in [2.05, 4.69) is 12.2 Å². The summed E-state index contributed by atoms with van der Waals surface area (Å²) in [6, 6.07) is 8.81. The van der Waals surface area contributed by atoms with Gasteiger partial charge in [0.2, 0.25) is 0 Å². The van der Waals surface area contributed by atoms with E-state index in [9.17, 15) is 9.18 Å². The zero-order valence-corrected chi connectivity index (χ0v) is 14.3. The lowest BCUT2D eigenvalue weighted by Gasteiger charge is -2.19. The van der Waals surface area contributed by atoms with E-state index in [0.29, 0.717) is 12.8 Å². The molecule has 1 N–H and O–H groups in total. The lowest BCUT2D eigenvalue weighted by atomic mass is 10.0. The summed E-state index contributed by atoms with van der Waals surface area (Å²) < 4.78 is 19.4. The van der Waals surface area contributed by atoms with Crippen LogP contribution in [0.4, 0.5) is 9.18 Å². The molecule has 0 aliphatic carbocycles. The lowest BCUT2D eigenvalue weighted by molar-refractivity contribution is 0.134. The number of hydrogen-bond donors (Lipinski definition) is 1. The van der Waals surface area contributed by atoms with Crippen LogP contribution in [0.3, 0.4) is 0 Å². The van der Waals surface area contributed by atoms with Crippen molar-refractivity contribution in [2.45, 2.75) is 59.1 Å². The number of carbonyl (C=O) groups is 1. The number of benzene rings is 1. The number of alkyl carbamates (subject to hydrolysis) is 1. The number of carbonyl (C=O) groups excluding carboxylic acids is 1. The molecule has 0 bridgehead atoms. The standard InChI is InChI=1S/C19H28FNO2/c1-4-5-7-12-17(20)18(13-15(2)3)21-19(22)23-14-16-10-8-6-9-11-16/h6,8-12,15,18H,4-5,7,13-14H2,1-3H3,(H,21,22)/b17-12-/t18-/m0/s1. The van der Waals surface area contributed by atoms with Crippen LogP contribution < -0.4 is 5.32 Å². The van der Waals surface area contributed by atoms with E-state index in [1.54, 1.807) is 6.08 Å². The summed E-state index contributed by atoms with van der Waals surface area (Å²) >= 11 is 0. The van der Waals surface area contributed by atoms with Crippen LogP contribution in [0.25, 0.3) is 0 Å². The highest BCUT2D eigenvalue weighted by atomic mass is 19.1. The summed E-state index contributed by atoms with van der Waals surface area (Å²) in [4.78, 5) is 11.9. The predicted molar refractivity (Wildman–Crippen MR) is 91.7 cm³/mol. The van der Waals surface area contributed by atoms with E-state index in [4.69, 9.17) is 4.74 Å². The van der Waals surface area contributed by atoms with Crippen LogP contribution in [-0.4, -0.2) is 12.1 Å². The molecule has 0 saturated carbocycles. The Morgan fingerprint density at radius 2 is 2.00 bits per heavy atom. The summed E-state index contributed by atoms with van der Waals surface area (Å²) in [7, 11) is 0. The Balaban J connectivity index is 2.54. The zero-order chi connectivity index (χ0) is 17.1. The van der Waals surface area contributed by atoms with Gasteiger partial charge in [0.25, 0.3) is 0 Å². The Kier molecular flexibility index (Phi) is 9.03. The molecule has 0 unspecified atom stereocenters. The van der Waals surface area contributed by atoms with Crippen molar-refractivity contribution in [1.82, 2.24) is 5.32 Å². The molecule has 1 aromatic rings. The van der Waals surface area contributed by atoms with Gasteiger partial charge in [-0.25, -0.2) is 9.18 Å². The van der Waals surface area contributed by atoms with Crippen LogP contribution in [0, 0.1) is 5.92 Å². The third kappa shape index (κ3) is 8.38. The second-order valence-corrected chi connectivity index (χ2v) is 6.12. The molecule has 0 fully saturated rings. The lowest BCUT2D eigenvalue weighted by Crippen LogP contribution is -2.36. The van der Waals surface area contributed by atoms with E-state index in [1.807, 2.05) is 44.2 Å². The van der Waals surface area contributed by atoms with Crippen molar-refractivity contribution in [2.75, 3.05) is 0 Å². The second kappa shape index (κ2) is 10.8. The van der Waals surface area contributed by atoms with Gasteiger partial charge in [-0.05, 0) is 30.7 Å². The molecular formula is C19H28FNO2. The maximum atomic E-state index is 14.3. The largest absolute Gasteiger partial charge is 0.445 e. The van der Waals surface area contributed by atoms with E-state index in [-0.39, 0.29) is 18.4 Å². The number of ether oxygens (including phenoxy) is 1. The Hall–Kier alpha value is -1.84. The molecule has 1 rings (SSSR count). The highest BCUT2D eigenvalue weighted by Gasteiger charge is 2.19. The van der Waals surface area contributed by atoms with Crippen LogP contribution in [0.2, 0.25) is 0 Å². The SMILES string of the molecule is CCCC/C=C(\F)[C@H](CC(C)C)NC(=O)OCc1ccccc1. The fraction of sp³-hybridized carbons (Fsp3) is 0.526. The van der Waals surface area contributed by atoms with E-state index in [0.717, 1.165) is 18.4 Å². The number of hydrogen-bond acceptors (Lipinski definition) is 2. The number of unbranched alkanes of at least 4 members (excludes halogenated alkanes) is 2. The molecule has 0 heterocycles. The van der Waals surface area contributed by atoms with Gasteiger partial charge in [0.1, 0.15) is 12.4 Å². The van der Waals surface area contributed by atoms with E-state index >= 15 is 0 Å². The summed E-state index contributed by atoms with van der Waals surface area (Å²) in [5.41, 5.74) is 0.905. The number of amides is 1. The number of allylic oxidation sites excluding steroid dienone is 1. The van der Waals surface area contributed by atoms with E-state index in [1.165, 1.54) is 0 Å². The van der Waals surface area contributed by atoms with Crippen molar-refractivity contribution in [2.24, 2.45) is 5.92 Å². The summed E-state index contributed by atoms with van der Waals surface area (Å²) in [6.45, 7) is 6.26. The second-order valence-electron chi connectivity index (χ2n) is 6.12. The van der Waals surface area contributed by atoms with Gasteiger partial charge in [-0.2, -0.15) is 0 Å². The third-order valence-corrected chi connectivity index (χ3v) is 3.44. The van der Waals surface area contributed by atoms with Crippen molar-refractivity contribution in [3.63, 3.8) is 0 Å². The molecule has 4 heteroatoms. The topological polar surface area (TPSA) is 38.3 Å². The average Bonchev–Trinajstić information content (AvgIpc) is 2.53. The van der Waals surface area contributed by atoms with Gasteiger partial charge < -0.3 is 10.1 Å². The van der Waals surface area contributed by atoms with Gasteiger partial charge >= 0.3 is 6.09 Å².